The Kier molecular flexibility index (Phi) is 6.31. The number of ether oxygens (including phenoxy) is 2. The molecule has 0 aliphatic heterocycles. The normalized spacial score (nSPS) is 10.5. The van der Waals surface area contributed by atoms with Crippen molar-refractivity contribution >= 4 is 22.7 Å². The Bertz CT molecular complexity index is 1100. The molecule has 0 saturated heterocycles. The van der Waals surface area contributed by atoms with E-state index in [2.05, 4.69) is 73.0 Å². The van der Waals surface area contributed by atoms with Crippen LogP contribution in [0.1, 0.15) is 11.1 Å². The van der Waals surface area contributed by atoms with Crippen LogP contribution in [-0.4, -0.2) is 14.2 Å². The molecule has 0 radical (unpaired) electrons. The smallest absolute Gasteiger partial charge is 0.119 e. The Morgan fingerprint density at radius 1 is 0.500 bits per heavy atom. The fourth-order valence-corrected chi connectivity index (χ4v) is 3.61. The van der Waals surface area contributed by atoms with E-state index in [-0.39, 0.29) is 0 Å². The summed E-state index contributed by atoms with van der Waals surface area (Å²) in [6, 6.07) is 29.0. The van der Waals surface area contributed by atoms with Crippen LogP contribution in [-0.2, 0) is 0 Å². The summed E-state index contributed by atoms with van der Waals surface area (Å²) in [4.78, 5) is 0. The Labute approximate surface area is 189 Å². The molecule has 0 aliphatic carbocycles. The molecule has 4 heteroatoms. The minimum Gasteiger partial charge on any atom is -0.497 e. The van der Waals surface area contributed by atoms with Crippen LogP contribution in [0.15, 0.2) is 84.9 Å². The van der Waals surface area contributed by atoms with Gasteiger partial charge >= 0.3 is 0 Å². The van der Waals surface area contributed by atoms with Crippen LogP contribution >= 0.6 is 0 Å². The first-order valence-corrected chi connectivity index (χ1v) is 10.6. The van der Waals surface area contributed by atoms with Gasteiger partial charge in [0.25, 0.3) is 0 Å². The van der Waals surface area contributed by atoms with Gasteiger partial charge in [0.15, 0.2) is 0 Å². The maximum absolute atomic E-state index is 5.28. The molecule has 4 aromatic carbocycles. The van der Waals surface area contributed by atoms with Gasteiger partial charge in [0.05, 0.1) is 14.2 Å². The molecular weight excluding hydrogens is 396 g/mol. The number of rotatable bonds is 7. The molecular formula is C28H28N2O2. The van der Waals surface area contributed by atoms with Gasteiger partial charge in [-0.05, 0) is 96.8 Å². The topological polar surface area (TPSA) is 42.5 Å². The number of nitrogens with one attached hydrogen (secondary N) is 2. The summed E-state index contributed by atoms with van der Waals surface area (Å²) in [5.74, 6) is 1.73. The number of aryl methyl sites for hydroxylation is 2. The van der Waals surface area contributed by atoms with E-state index in [1.54, 1.807) is 14.2 Å². The highest BCUT2D eigenvalue weighted by molar-refractivity contribution is 5.72. The van der Waals surface area contributed by atoms with E-state index in [0.717, 1.165) is 45.4 Å². The molecule has 0 spiro atoms. The summed E-state index contributed by atoms with van der Waals surface area (Å²) in [6.45, 7) is 4.14. The first-order valence-electron chi connectivity index (χ1n) is 10.6. The standard InChI is InChI=1S/C28H28N2O2/c1-19-17-25(31-3)13-15-27(19)29-23-9-5-21(6-10-23)22-7-11-24(12-8-22)30-28-16-14-26(32-4)18-20(28)2/h5-18,29-30H,1-4H3. The first kappa shape index (κ1) is 21.3. The Hall–Kier alpha value is -3.92. The molecule has 0 amide bonds. The second-order valence-electron chi connectivity index (χ2n) is 7.77. The van der Waals surface area contributed by atoms with Crippen LogP contribution in [0, 0.1) is 13.8 Å². The number of hydrogen-bond donors (Lipinski definition) is 2. The van der Waals surface area contributed by atoms with Crippen molar-refractivity contribution in [2.24, 2.45) is 0 Å². The van der Waals surface area contributed by atoms with Gasteiger partial charge in [-0.2, -0.15) is 0 Å². The van der Waals surface area contributed by atoms with Gasteiger partial charge in [-0.25, -0.2) is 0 Å². The van der Waals surface area contributed by atoms with Gasteiger partial charge in [-0.15, -0.1) is 0 Å². The highest BCUT2D eigenvalue weighted by Gasteiger charge is 2.04. The van der Waals surface area contributed by atoms with Crippen molar-refractivity contribution in [2.45, 2.75) is 13.8 Å². The molecule has 32 heavy (non-hydrogen) atoms. The summed E-state index contributed by atoms with van der Waals surface area (Å²) in [6.07, 6.45) is 0. The number of hydrogen-bond acceptors (Lipinski definition) is 4. The summed E-state index contributed by atoms with van der Waals surface area (Å²) < 4.78 is 10.6. The predicted molar refractivity (Wildman–Crippen MR) is 134 cm³/mol. The Morgan fingerprint density at radius 3 is 1.19 bits per heavy atom. The van der Waals surface area contributed by atoms with E-state index >= 15 is 0 Å². The molecule has 0 unspecified atom stereocenters. The van der Waals surface area contributed by atoms with Gasteiger partial charge < -0.3 is 20.1 Å². The van der Waals surface area contributed by atoms with E-state index in [1.807, 2.05) is 36.4 Å². The lowest BCUT2D eigenvalue weighted by Crippen LogP contribution is -1.94. The first-order chi connectivity index (χ1) is 15.6. The van der Waals surface area contributed by atoms with Crippen molar-refractivity contribution in [1.29, 1.82) is 0 Å². The zero-order valence-electron chi connectivity index (χ0n) is 18.9. The average molecular weight is 425 g/mol. The molecule has 0 aliphatic rings. The fourth-order valence-electron chi connectivity index (χ4n) is 3.61. The van der Waals surface area contributed by atoms with Crippen molar-refractivity contribution in [3.8, 4) is 22.6 Å². The molecule has 0 aromatic heterocycles. The number of benzene rings is 4. The summed E-state index contributed by atoms with van der Waals surface area (Å²) >= 11 is 0. The van der Waals surface area contributed by atoms with Gasteiger partial charge in [0.2, 0.25) is 0 Å². The Morgan fingerprint density at radius 2 is 0.875 bits per heavy atom. The number of anilines is 4. The molecule has 4 rings (SSSR count). The van der Waals surface area contributed by atoms with Crippen molar-refractivity contribution < 1.29 is 9.47 Å². The van der Waals surface area contributed by atoms with E-state index < -0.39 is 0 Å². The maximum atomic E-state index is 5.28. The van der Waals surface area contributed by atoms with Crippen LogP contribution in [0.4, 0.5) is 22.7 Å². The van der Waals surface area contributed by atoms with Crippen LogP contribution < -0.4 is 20.1 Å². The van der Waals surface area contributed by atoms with Gasteiger partial charge in [0, 0.05) is 22.7 Å². The van der Waals surface area contributed by atoms with Crippen LogP contribution in [0.25, 0.3) is 11.1 Å². The summed E-state index contributed by atoms with van der Waals surface area (Å²) in [7, 11) is 3.37. The maximum Gasteiger partial charge on any atom is 0.119 e. The average Bonchev–Trinajstić information content (AvgIpc) is 2.82. The lowest BCUT2D eigenvalue weighted by atomic mass is 10.0. The van der Waals surface area contributed by atoms with Gasteiger partial charge in [0.1, 0.15) is 11.5 Å². The van der Waals surface area contributed by atoms with Gasteiger partial charge in [-0.1, -0.05) is 24.3 Å². The third-order valence-corrected chi connectivity index (χ3v) is 5.53. The molecule has 0 atom stereocenters. The molecule has 4 aromatic rings. The third kappa shape index (κ3) is 4.86. The molecule has 162 valence electrons. The minimum absolute atomic E-state index is 0.864. The van der Waals surface area contributed by atoms with E-state index in [4.69, 9.17) is 9.47 Å². The molecule has 4 nitrogen and oxygen atoms in total. The van der Waals surface area contributed by atoms with Crippen molar-refractivity contribution in [3.05, 3.63) is 96.1 Å². The molecule has 0 heterocycles. The SMILES string of the molecule is COc1ccc(Nc2ccc(-c3ccc(Nc4ccc(OC)cc4C)cc3)cc2)c(C)c1. The third-order valence-electron chi connectivity index (χ3n) is 5.53. The highest BCUT2D eigenvalue weighted by Crippen LogP contribution is 2.29. The zero-order valence-corrected chi connectivity index (χ0v) is 18.9. The zero-order chi connectivity index (χ0) is 22.5. The van der Waals surface area contributed by atoms with Crippen molar-refractivity contribution in [3.63, 3.8) is 0 Å². The predicted octanol–water partition coefficient (Wildman–Crippen LogP) is 7.47. The molecule has 0 saturated carbocycles. The van der Waals surface area contributed by atoms with Gasteiger partial charge in [-0.3, -0.25) is 0 Å². The second-order valence-corrected chi connectivity index (χ2v) is 7.77. The van der Waals surface area contributed by atoms with Crippen LogP contribution in [0.2, 0.25) is 0 Å². The lowest BCUT2D eigenvalue weighted by Gasteiger charge is -2.13. The highest BCUT2D eigenvalue weighted by atomic mass is 16.5. The largest absolute Gasteiger partial charge is 0.497 e. The van der Waals surface area contributed by atoms with Crippen LogP contribution in [0.5, 0.6) is 11.5 Å². The second kappa shape index (κ2) is 9.48. The van der Waals surface area contributed by atoms with E-state index in [9.17, 15) is 0 Å². The summed E-state index contributed by atoms with van der Waals surface area (Å²) in [5.41, 5.74) is 8.88. The van der Waals surface area contributed by atoms with Crippen molar-refractivity contribution in [2.75, 3.05) is 24.9 Å². The Balaban J connectivity index is 1.44. The molecule has 2 N–H and O–H groups in total. The quantitative estimate of drug-likeness (QED) is 0.323. The molecule has 0 fully saturated rings. The number of methoxy groups -OCH3 is 2. The minimum atomic E-state index is 0.864. The molecule has 0 bridgehead atoms. The summed E-state index contributed by atoms with van der Waals surface area (Å²) in [5, 5.41) is 6.96. The van der Waals surface area contributed by atoms with E-state index in [1.165, 1.54) is 11.1 Å². The monoisotopic (exact) mass is 424 g/mol. The van der Waals surface area contributed by atoms with E-state index in [0.29, 0.717) is 0 Å². The van der Waals surface area contributed by atoms with Crippen LogP contribution in [0.3, 0.4) is 0 Å². The fraction of sp³-hybridized carbons (Fsp3) is 0.143. The van der Waals surface area contributed by atoms with Crippen molar-refractivity contribution in [1.82, 2.24) is 0 Å². The lowest BCUT2D eigenvalue weighted by molar-refractivity contribution is 0.414.